The molecule has 0 spiro atoms. The molecule has 0 fully saturated rings. The van der Waals surface area contributed by atoms with Crippen LogP contribution < -0.4 is 5.32 Å². The van der Waals surface area contributed by atoms with Gasteiger partial charge in [0.1, 0.15) is 5.69 Å². The fourth-order valence-electron chi connectivity index (χ4n) is 1.51. The van der Waals surface area contributed by atoms with Gasteiger partial charge >= 0.3 is 6.18 Å². The number of alkyl halides is 3. The van der Waals surface area contributed by atoms with Crippen molar-refractivity contribution in [3.8, 4) is 0 Å². The van der Waals surface area contributed by atoms with Gasteiger partial charge in [0.15, 0.2) is 0 Å². The number of benzene rings is 1. The van der Waals surface area contributed by atoms with Gasteiger partial charge in [-0.05, 0) is 25.5 Å². The van der Waals surface area contributed by atoms with Crippen molar-refractivity contribution in [1.82, 2.24) is 0 Å². The zero-order valence-corrected chi connectivity index (χ0v) is 10.1. The van der Waals surface area contributed by atoms with E-state index in [9.17, 15) is 23.3 Å². The molecular weight excluding hydrogens is 265 g/mol. The lowest BCUT2D eigenvalue weighted by Crippen LogP contribution is -2.17. The highest BCUT2D eigenvalue weighted by molar-refractivity contribution is 5.63. The number of aliphatic hydroxyl groups is 1. The summed E-state index contributed by atoms with van der Waals surface area (Å²) in [6.07, 6.45) is -4.29. The van der Waals surface area contributed by atoms with E-state index in [2.05, 4.69) is 5.32 Å². The molecule has 0 bridgehead atoms. The van der Waals surface area contributed by atoms with Crippen molar-refractivity contribution in [3.63, 3.8) is 0 Å². The van der Waals surface area contributed by atoms with Gasteiger partial charge in [0.2, 0.25) is 0 Å². The van der Waals surface area contributed by atoms with E-state index < -0.39 is 22.4 Å². The highest BCUT2D eigenvalue weighted by Crippen LogP contribution is 2.35. The fourth-order valence-corrected chi connectivity index (χ4v) is 1.51. The molecule has 1 atom stereocenters. The SMILES string of the molecule is CC(CCO)Nc1ccc(C(F)(F)F)cc1[N+](=O)[O-]. The lowest BCUT2D eigenvalue weighted by molar-refractivity contribution is -0.384. The molecule has 0 radical (unpaired) electrons. The summed E-state index contributed by atoms with van der Waals surface area (Å²) in [6, 6.07) is 2.00. The highest BCUT2D eigenvalue weighted by Gasteiger charge is 2.33. The van der Waals surface area contributed by atoms with Crippen molar-refractivity contribution in [3.05, 3.63) is 33.9 Å². The first-order valence-corrected chi connectivity index (χ1v) is 5.48. The smallest absolute Gasteiger partial charge is 0.396 e. The Morgan fingerprint density at radius 1 is 1.47 bits per heavy atom. The molecule has 0 saturated carbocycles. The van der Waals surface area contributed by atoms with E-state index in [-0.39, 0.29) is 18.3 Å². The Bertz CT molecular complexity index is 463. The molecule has 1 aromatic carbocycles. The first-order chi connectivity index (χ1) is 8.75. The van der Waals surface area contributed by atoms with Crippen molar-refractivity contribution < 1.29 is 23.2 Å². The van der Waals surface area contributed by atoms with Crippen LogP contribution in [-0.2, 0) is 6.18 Å². The third-order valence-corrected chi connectivity index (χ3v) is 2.49. The van der Waals surface area contributed by atoms with Crippen LogP contribution in [-0.4, -0.2) is 22.7 Å². The van der Waals surface area contributed by atoms with Gasteiger partial charge in [-0.1, -0.05) is 0 Å². The Morgan fingerprint density at radius 3 is 2.58 bits per heavy atom. The summed E-state index contributed by atoms with van der Waals surface area (Å²) >= 11 is 0. The van der Waals surface area contributed by atoms with Gasteiger partial charge in [0.25, 0.3) is 5.69 Å². The molecule has 0 saturated heterocycles. The van der Waals surface area contributed by atoms with E-state index in [1.807, 2.05) is 0 Å². The minimum Gasteiger partial charge on any atom is -0.396 e. The second-order valence-corrected chi connectivity index (χ2v) is 4.04. The van der Waals surface area contributed by atoms with Gasteiger partial charge in [-0.3, -0.25) is 10.1 Å². The molecule has 0 aromatic heterocycles. The van der Waals surface area contributed by atoms with E-state index in [1.165, 1.54) is 0 Å². The Morgan fingerprint density at radius 2 is 2.11 bits per heavy atom. The number of halogens is 3. The summed E-state index contributed by atoms with van der Waals surface area (Å²) in [5.74, 6) is 0. The van der Waals surface area contributed by atoms with Crippen LogP contribution in [0.3, 0.4) is 0 Å². The lowest BCUT2D eigenvalue weighted by Gasteiger charge is -2.15. The monoisotopic (exact) mass is 278 g/mol. The summed E-state index contributed by atoms with van der Waals surface area (Å²) in [7, 11) is 0. The van der Waals surface area contributed by atoms with E-state index >= 15 is 0 Å². The van der Waals surface area contributed by atoms with Crippen LogP contribution in [0.2, 0.25) is 0 Å². The number of nitrogens with one attached hydrogen (secondary N) is 1. The van der Waals surface area contributed by atoms with Crippen LogP contribution in [0.5, 0.6) is 0 Å². The number of rotatable bonds is 5. The molecule has 0 amide bonds. The summed E-state index contributed by atoms with van der Waals surface area (Å²) in [6.45, 7) is 1.54. The summed E-state index contributed by atoms with van der Waals surface area (Å²) in [5, 5.41) is 22.2. The Kier molecular flexibility index (Phi) is 4.71. The predicted molar refractivity (Wildman–Crippen MR) is 62.9 cm³/mol. The molecule has 1 unspecified atom stereocenters. The predicted octanol–water partition coefficient (Wildman–Crippen LogP) is 2.80. The van der Waals surface area contributed by atoms with E-state index in [1.54, 1.807) is 6.92 Å². The van der Waals surface area contributed by atoms with Gasteiger partial charge < -0.3 is 10.4 Å². The number of nitrogens with zero attached hydrogens (tertiary/aromatic N) is 1. The van der Waals surface area contributed by atoms with Gasteiger partial charge in [-0.2, -0.15) is 13.2 Å². The van der Waals surface area contributed by atoms with E-state index in [0.717, 1.165) is 12.1 Å². The molecule has 1 aromatic rings. The average molecular weight is 278 g/mol. The average Bonchev–Trinajstić information content (AvgIpc) is 2.27. The summed E-state index contributed by atoms with van der Waals surface area (Å²) < 4.78 is 37.4. The second kappa shape index (κ2) is 5.87. The highest BCUT2D eigenvalue weighted by atomic mass is 19.4. The van der Waals surface area contributed by atoms with Crippen LogP contribution >= 0.6 is 0 Å². The van der Waals surface area contributed by atoms with Gasteiger partial charge in [0.05, 0.1) is 10.5 Å². The van der Waals surface area contributed by atoms with E-state index in [4.69, 9.17) is 5.11 Å². The molecule has 8 heteroatoms. The molecule has 0 aliphatic carbocycles. The van der Waals surface area contributed by atoms with Gasteiger partial charge in [-0.15, -0.1) is 0 Å². The topological polar surface area (TPSA) is 75.4 Å². The number of aliphatic hydroxyl groups excluding tert-OH is 1. The van der Waals surface area contributed by atoms with Crippen LogP contribution in [0.1, 0.15) is 18.9 Å². The van der Waals surface area contributed by atoms with Crippen molar-refractivity contribution in [1.29, 1.82) is 0 Å². The number of hydrogen-bond donors (Lipinski definition) is 2. The van der Waals surface area contributed by atoms with Gasteiger partial charge in [0, 0.05) is 18.7 Å². The van der Waals surface area contributed by atoms with Gasteiger partial charge in [-0.25, -0.2) is 0 Å². The molecule has 5 nitrogen and oxygen atoms in total. The molecule has 2 N–H and O–H groups in total. The Balaban J connectivity index is 3.09. The standard InChI is InChI=1S/C11H13F3N2O3/c1-7(4-5-17)15-9-3-2-8(11(12,13)14)6-10(9)16(18)19/h2-3,6-7,15,17H,4-5H2,1H3. The summed E-state index contributed by atoms with van der Waals surface area (Å²) in [5.41, 5.74) is -1.71. The molecular formula is C11H13F3N2O3. The molecule has 19 heavy (non-hydrogen) atoms. The third kappa shape index (κ3) is 4.09. The fraction of sp³-hybridized carbons (Fsp3) is 0.455. The minimum absolute atomic E-state index is 0.000972. The van der Waals surface area contributed by atoms with Crippen LogP contribution in [0, 0.1) is 10.1 Å². The molecule has 0 heterocycles. The second-order valence-electron chi connectivity index (χ2n) is 4.04. The number of nitro groups is 1. The lowest BCUT2D eigenvalue weighted by atomic mass is 10.1. The molecule has 106 valence electrons. The minimum atomic E-state index is -4.62. The first-order valence-electron chi connectivity index (χ1n) is 5.48. The van der Waals surface area contributed by atoms with Crippen molar-refractivity contribution in [2.45, 2.75) is 25.6 Å². The Labute approximate surface area is 107 Å². The molecule has 1 rings (SSSR count). The van der Waals surface area contributed by atoms with Crippen LogP contribution in [0.4, 0.5) is 24.5 Å². The molecule has 0 aliphatic heterocycles. The zero-order valence-electron chi connectivity index (χ0n) is 10.1. The maximum Gasteiger partial charge on any atom is 0.416 e. The quantitative estimate of drug-likeness (QED) is 0.641. The Hall–Kier alpha value is -1.83. The van der Waals surface area contributed by atoms with Crippen molar-refractivity contribution >= 4 is 11.4 Å². The number of anilines is 1. The normalized spacial score (nSPS) is 13.1. The molecule has 0 aliphatic rings. The zero-order chi connectivity index (χ0) is 14.6. The first kappa shape index (κ1) is 15.2. The maximum absolute atomic E-state index is 12.5. The van der Waals surface area contributed by atoms with E-state index in [0.29, 0.717) is 12.5 Å². The van der Waals surface area contributed by atoms with Crippen molar-refractivity contribution in [2.24, 2.45) is 0 Å². The van der Waals surface area contributed by atoms with Crippen molar-refractivity contribution in [2.75, 3.05) is 11.9 Å². The third-order valence-electron chi connectivity index (χ3n) is 2.49. The summed E-state index contributed by atoms with van der Waals surface area (Å²) in [4.78, 5) is 9.92. The number of nitro benzene ring substituents is 1. The van der Waals surface area contributed by atoms with Crippen LogP contribution in [0.15, 0.2) is 18.2 Å². The maximum atomic E-state index is 12.5. The van der Waals surface area contributed by atoms with Crippen LogP contribution in [0.25, 0.3) is 0 Å². The largest absolute Gasteiger partial charge is 0.416 e. The number of hydrogen-bond acceptors (Lipinski definition) is 4.